The molecule has 2 N–H and O–H groups in total. The molecule has 0 spiro atoms. The number of rotatable bonds is 10. The van der Waals surface area contributed by atoms with Gasteiger partial charge in [0.25, 0.3) is 0 Å². The van der Waals surface area contributed by atoms with Crippen molar-refractivity contribution in [3.63, 3.8) is 0 Å². The Morgan fingerprint density at radius 3 is 2.76 bits per heavy atom. The van der Waals surface area contributed by atoms with Gasteiger partial charge in [0, 0.05) is 25.1 Å². The lowest BCUT2D eigenvalue weighted by atomic mass is 10.0. The second-order valence-corrected chi connectivity index (χ2v) is 8.80. The van der Waals surface area contributed by atoms with Crippen LogP contribution >= 0.6 is 11.3 Å². The molecule has 0 radical (unpaired) electrons. The third kappa shape index (κ3) is 4.75. The van der Waals surface area contributed by atoms with Crippen molar-refractivity contribution in [3.8, 4) is 0 Å². The van der Waals surface area contributed by atoms with Gasteiger partial charge in [0.05, 0.1) is 0 Å². The van der Waals surface area contributed by atoms with E-state index in [1.807, 2.05) is 13.1 Å². The van der Waals surface area contributed by atoms with E-state index in [2.05, 4.69) is 10.0 Å². The number of thiophene rings is 1. The Balaban J connectivity index is 1.91. The average molecular weight is 332 g/mol. The molecule has 2 rings (SSSR count). The maximum Gasteiger partial charge on any atom is 0.250 e. The van der Waals surface area contributed by atoms with E-state index in [-0.39, 0.29) is 5.41 Å². The Hall–Kier alpha value is -0.470. The largest absolute Gasteiger partial charge is 0.385 e. The van der Waals surface area contributed by atoms with Gasteiger partial charge in [-0.05, 0) is 56.8 Å². The average Bonchev–Trinajstić information content (AvgIpc) is 3.08. The van der Waals surface area contributed by atoms with E-state index in [1.165, 1.54) is 11.3 Å². The van der Waals surface area contributed by atoms with Crippen molar-refractivity contribution in [2.45, 2.75) is 29.9 Å². The second-order valence-electron chi connectivity index (χ2n) is 5.64. The molecule has 0 aromatic carbocycles. The lowest BCUT2D eigenvalue weighted by molar-refractivity contribution is 0.173. The predicted octanol–water partition coefficient (Wildman–Crippen LogP) is 1.60. The van der Waals surface area contributed by atoms with E-state index in [1.54, 1.807) is 13.2 Å². The Labute approximate surface area is 131 Å². The minimum atomic E-state index is -3.38. The second kappa shape index (κ2) is 7.19. The van der Waals surface area contributed by atoms with E-state index in [9.17, 15) is 8.42 Å². The molecule has 1 aliphatic rings. The van der Waals surface area contributed by atoms with Crippen LogP contribution in [-0.4, -0.2) is 42.3 Å². The molecule has 1 saturated carbocycles. The summed E-state index contributed by atoms with van der Waals surface area (Å²) in [6, 6.07) is 3.60. The Kier molecular flexibility index (Phi) is 5.79. The molecule has 120 valence electrons. The molecule has 0 atom stereocenters. The van der Waals surface area contributed by atoms with Crippen molar-refractivity contribution in [2.75, 3.05) is 33.9 Å². The van der Waals surface area contributed by atoms with Crippen LogP contribution in [0.1, 0.15) is 24.1 Å². The van der Waals surface area contributed by atoms with E-state index >= 15 is 0 Å². The third-order valence-electron chi connectivity index (χ3n) is 3.95. The lowest BCUT2D eigenvalue weighted by Gasteiger charge is -2.15. The molecule has 5 nitrogen and oxygen atoms in total. The van der Waals surface area contributed by atoms with Gasteiger partial charge in [0.1, 0.15) is 4.21 Å². The van der Waals surface area contributed by atoms with Gasteiger partial charge in [-0.2, -0.15) is 0 Å². The molecule has 0 amide bonds. The van der Waals surface area contributed by atoms with E-state index in [4.69, 9.17) is 4.74 Å². The number of sulfonamides is 1. The van der Waals surface area contributed by atoms with Crippen LogP contribution in [0.2, 0.25) is 0 Å². The summed E-state index contributed by atoms with van der Waals surface area (Å²) in [5.41, 5.74) is 0.120. The topological polar surface area (TPSA) is 67.4 Å². The zero-order valence-electron chi connectivity index (χ0n) is 12.6. The van der Waals surface area contributed by atoms with Gasteiger partial charge in [-0.3, -0.25) is 0 Å². The summed E-state index contributed by atoms with van der Waals surface area (Å²) in [5, 5.41) is 3.07. The van der Waals surface area contributed by atoms with Crippen LogP contribution in [0.3, 0.4) is 0 Å². The predicted molar refractivity (Wildman–Crippen MR) is 85.3 cm³/mol. The van der Waals surface area contributed by atoms with Crippen LogP contribution in [0, 0.1) is 5.41 Å². The first-order chi connectivity index (χ1) is 10.0. The monoisotopic (exact) mass is 332 g/mol. The number of ether oxygens (including phenoxy) is 1. The molecule has 1 aliphatic carbocycles. The maximum absolute atomic E-state index is 12.3. The van der Waals surface area contributed by atoms with Crippen LogP contribution < -0.4 is 10.0 Å². The van der Waals surface area contributed by atoms with Crippen LogP contribution in [0.5, 0.6) is 0 Å². The maximum atomic E-state index is 12.3. The molecule has 0 aliphatic heterocycles. The van der Waals surface area contributed by atoms with Crippen molar-refractivity contribution >= 4 is 21.4 Å². The Morgan fingerprint density at radius 2 is 2.14 bits per heavy atom. The number of hydrogen-bond acceptors (Lipinski definition) is 5. The molecular weight excluding hydrogens is 308 g/mol. The van der Waals surface area contributed by atoms with Gasteiger partial charge in [-0.15, -0.1) is 11.3 Å². The SMILES string of the molecule is CNCCc1ccc(S(=O)(=O)NCC2(CCOC)CC2)s1. The fourth-order valence-electron chi connectivity index (χ4n) is 2.21. The normalized spacial score (nSPS) is 17.0. The minimum Gasteiger partial charge on any atom is -0.385 e. The zero-order chi connectivity index (χ0) is 15.3. The van der Waals surface area contributed by atoms with Gasteiger partial charge in [-0.25, -0.2) is 13.1 Å². The van der Waals surface area contributed by atoms with E-state index in [0.29, 0.717) is 17.4 Å². The van der Waals surface area contributed by atoms with Crippen LogP contribution in [-0.2, 0) is 21.2 Å². The first-order valence-electron chi connectivity index (χ1n) is 7.23. The van der Waals surface area contributed by atoms with Gasteiger partial charge in [0.2, 0.25) is 10.0 Å². The van der Waals surface area contributed by atoms with Crippen molar-refractivity contribution in [3.05, 3.63) is 17.0 Å². The standard InChI is InChI=1S/C14H24N2O3S2/c1-15-9-5-12-3-4-13(20-12)21(17,18)16-11-14(6-7-14)8-10-19-2/h3-4,15-16H,5-11H2,1-2H3. The minimum absolute atomic E-state index is 0.120. The Morgan fingerprint density at radius 1 is 1.38 bits per heavy atom. The number of nitrogens with one attached hydrogen (secondary N) is 2. The summed E-state index contributed by atoms with van der Waals surface area (Å²) in [5.74, 6) is 0. The van der Waals surface area contributed by atoms with Crippen molar-refractivity contribution in [1.29, 1.82) is 0 Å². The molecule has 1 fully saturated rings. The first-order valence-corrected chi connectivity index (χ1v) is 9.53. The molecule has 1 aromatic rings. The van der Waals surface area contributed by atoms with Gasteiger partial charge >= 0.3 is 0 Å². The highest BCUT2D eigenvalue weighted by molar-refractivity contribution is 7.91. The summed E-state index contributed by atoms with van der Waals surface area (Å²) >= 11 is 1.35. The molecule has 0 unspecified atom stereocenters. The van der Waals surface area contributed by atoms with Gasteiger partial charge in [-0.1, -0.05) is 0 Å². The summed E-state index contributed by atoms with van der Waals surface area (Å²) < 4.78 is 32.9. The number of methoxy groups -OCH3 is 1. The summed E-state index contributed by atoms with van der Waals surface area (Å²) in [6.45, 7) is 2.06. The summed E-state index contributed by atoms with van der Waals surface area (Å²) in [6.07, 6.45) is 3.94. The molecular formula is C14H24N2O3S2. The third-order valence-corrected chi connectivity index (χ3v) is 6.99. The van der Waals surface area contributed by atoms with E-state index in [0.717, 1.165) is 37.1 Å². The smallest absolute Gasteiger partial charge is 0.250 e. The fourth-order valence-corrected chi connectivity index (χ4v) is 4.77. The van der Waals surface area contributed by atoms with Gasteiger partial charge < -0.3 is 10.1 Å². The highest BCUT2D eigenvalue weighted by Crippen LogP contribution is 2.48. The molecule has 7 heteroatoms. The summed E-state index contributed by atoms with van der Waals surface area (Å²) in [4.78, 5) is 1.09. The summed E-state index contributed by atoms with van der Waals surface area (Å²) in [7, 11) is 0.195. The molecule has 21 heavy (non-hydrogen) atoms. The zero-order valence-corrected chi connectivity index (χ0v) is 14.3. The molecule has 1 aromatic heterocycles. The van der Waals surface area contributed by atoms with Crippen molar-refractivity contribution in [2.24, 2.45) is 5.41 Å². The fraction of sp³-hybridized carbons (Fsp3) is 0.714. The first kappa shape index (κ1) is 16.9. The van der Waals surface area contributed by atoms with Gasteiger partial charge in [0.15, 0.2) is 0 Å². The Bertz CT molecular complexity index is 550. The number of hydrogen-bond donors (Lipinski definition) is 2. The lowest BCUT2D eigenvalue weighted by Crippen LogP contribution is -2.30. The van der Waals surface area contributed by atoms with Crippen molar-refractivity contribution < 1.29 is 13.2 Å². The highest BCUT2D eigenvalue weighted by Gasteiger charge is 2.42. The quantitative estimate of drug-likeness (QED) is 0.683. The van der Waals surface area contributed by atoms with Crippen molar-refractivity contribution in [1.82, 2.24) is 10.0 Å². The molecule has 1 heterocycles. The molecule has 0 bridgehead atoms. The van der Waals surface area contributed by atoms with Crippen LogP contribution in [0.4, 0.5) is 0 Å². The van der Waals surface area contributed by atoms with Crippen LogP contribution in [0.15, 0.2) is 16.3 Å². The number of likely N-dealkylation sites (N-methyl/N-ethyl adjacent to an activating group) is 1. The van der Waals surface area contributed by atoms with Crippen LogP contribution in [0.25, 0.3) is 0 Å². The van der Waals surface area contributed by atoms with E-state index < -0.39 is 10.0 Å². The highest BCUT2D eigenvalue weighted by atomic mass is 32.2. The molecule has 0 saturated heterocycles.